The van der Waals surface area contributed by atoms with Gasteiger partial charge in [0.2, 0.25) is 0 Å². The van der Waals surface area contributed by atoms with E-state index in [2.05, 4.69) is 4.98 Å². The number of benzene rings is 1. The minimum absolute atomic E-state index is 0.116. The highest BCUT2D eigenvalue weighted by Crippen LogP contribution is 2.30. The van der Waals surface area contributed by atoms with Crippen molar-refractivity contribution in [2.24, 2.45) is 0 Å². The standard InChI is InChI=1S/C19H20N2O3S/c1-3-4-9-24-16(22)10-21-12-20-18-17(19(21)23)15(11-25-18)14-7-5-13(2)6-8-14/h5-8,11-12H,3-4,9-10H2,1-2H3. The van der Waals surface area contributed by atoms with E-state index in [1.165, 1.54) is 22.2 Å². The van der Waals surface area contributed by atoms with Gasteiger partial charge in [0, 0.05) is 10.9 Å². The summed E-state index contributed by atoms with van der Waals surface area (Å²) in [5, 5.41) is 2.49. The van der Waals surface area contributed by atoms with Crippen LogP contribution in [0.15, 0.2) is 40.8 Å². The maximum Gasteiger partial charge on any atom is 0.326 e. The van der Waals surface area contributed by atoms with E-state index >= 15 is 0 Å². The lowest BCUT2D eigenvalue weighted by Crippen LogP contribution is -2.25. The molecule has 0 saturated carbocycles. The molecule has 0 amide bonds. The average Bonchev–Trinajstić information content (AvgIpc) is 3.03. The van der Waals surface area contributed by atoms with E-state index in [1.54, 1.807) is 0 Å². The van der Waals surface area contributed by atoms with E-state index < -0.39 is 5.97 Å². The number of hydrogen-bond acceptors (Lipinski definition) is 5. The summed E-state index contributed by atoms with van der Waals surface area (Å²) in [6.45, 7) is 4.31. The fraction of sp³-hybridized carbons (Fsp3) is 0.316. The van der Waals surface area contributed by atoms with Crippen LogP contribution in [0.3, 0.4) is 0 Å². The first-order chi connectivity index (χ1) is 12.1. The Hall–Kier alpha value is -2.47. The maximum absolute atomic E-state index is 12.8. The number of carbonyl (C=O) groups is 1. The predicted molar refractivity (Wildman–Crippen MR) is 99.9 cm³/mol. The van der Waals surface area contributed by atoms with Gasteiger partial charge in [-0.2, -0.15) is 0 Å². The molecule has 3 rings (SSSR count). The van der Waals surface area contributed by atoms with Crippen molar-refractivity contribution >= 4 is 27.5 Å². The summed E-state index contributed by atoms with van der Waals surface area (Å²) in [6, 6.07) is 8.01. The minimum atomic E-state index is -0.413. The van der Waals surface area contributed by atoms with Gasteiger partial charge in [0.15, 0.2) is 0 Å². The summed E-state index contributed by atoms with van der Waals surface area (Å²) in [4.78, 5) is 29.7. The number of nitrogens with zero attached hydrogens (tertiary/aromatic N) is 2. The van der Waals surface area contributed by atoms with E-state index in [-0.39, 0.29) is 12.1 Å². The van der Waals surface area contributed by atoms with Gasteiger partial charge in [0.05, 0.1) is 18.3 Å². The fourth-order valence-corrected chi connectivity index (χ4v) is 3.45. The largest absolute Gasteiger partial charge is 0.464 e. The molecule has 0 aliphatic heterocycles. The normalized spacial score (nSPS) is 11.0. The number of ether oxygens (including phenoxy) is 1. The maximum atomic E-state index is 12.8. The molecule has 0 aliphatic carbocycles. The molecule has 3 aromatic rings. The van der Waals surface area contributed by atoms with Crippen molar-refractivity contribution in [1.29, 1.82) is 0 Å². The van der Waals surface area contributed by atoms with Gasteiger partial charge in [0.1, 0.15) is 11.4 Å². The molecular weight excluding hydrogens is 336 g/mol. The number of esters is 1. The second-order valence-corrected chi connectivity index (χ2v) is 6.81. The van der Waals surface area contributed by atoms with E-state index in [0.717, 1.165) is 29.5 Å². The molecular formula is C19H20N2O3S. The van der Waals surface area contributed by atoms with Crippen LogP contribution in [0.1, 0.15) is 25.3 Å². The third-order valence-corrected chi connectivity index (χ3v) is 4.87. The van der Waals surface area contributed by atoms with Crippen LogP contribution in [0.4, 0.5) is 0 Å². The second-order valence-electron chi connectivity index (χ2n) is 5.95. The lowest BCUT2D eigenvalue weighted by molar-refractivity contribution is -0.144. The highest BCUT2D eigenvalue weighted by Gasteiger charge is 2.15. The average molecular weight is 356 g/mol. The van der Waals surface area contributed by atoms with Crippen molar-refractivity contribution in [3.8, 4) is 11.1 Å². The number of rotatable bonds is 6. The van der Waals surface area contributed by atoms with Crippen LogP contribution in [0, 0.1) is 6.92 Å². The molecule has 0 N–H and O–H groups in total. The number of carbonyl (C=O) groups excluding carboxylic acids is 1. The number of hydrogen-bond donors (Lipinski definition) is 0. The molecule has 0 aliphatic rings. The lowest BCUT2D eigenvalue weighted by atomic mass is 10.1. The third-order valence-electron chi connectivity index (χ3n) is 3.98. The molecule has 0 spiro atoms. The van der Waals surface area contributed by atoms with Gasteiger partial charge in [0.25, 0.3) is 5.56 Å². The highest BCUT2D eigenvalue weighted by atomic mass is 32.1. The molecule has 5 nitrogen and oxygen atoms in total. The van der Waals surface area contributed by atoms with Gasteiger partial charge < -0.3 is 4.74 Å². The van der Waals surface area contributed by atoms with Gasteiger partial charge in [-0.15, -0.1) is 11.3 Å². The third kappa shape index (κ3) is 3.79. The minimum Gasteiger partial charge on any atom is -0.464 e. The number of fused-ring (bicyclic) bond motifs is 1. The SMILES string of the molecule is CCCCOC(=O)Cn1cnc2scc(-c3ccc(C)cc3)c2c1=O. The Morgan fingerprint density at radius 2 is 2.04 bits per heavy atom. The van der Waals surface area contributed by atoms with Crippen LogP contribution < -0.4 is 5.56 Å². The summed E-state index contributed by atoms with van der Waals surface area (Å²) in [5.74, 6) is -0.413. The molecule has 2 aromatic heterocycles. The number of aryl methyl sites for hydroxylation is 1. The van der Waals surface area contributed by atoms with E-state index in [0.29, 0.717) is 16.8 Å². The predicted octanol–water partition coefficient (Wildman–Crippen LogP) is 3.78. The number of unbranched alkanes of at least 4 members (excludes halogenated alkanes) is 1. The Bertz CT molecular complexity index is 941. The summed E-state index contributed by atoms with van der Waals surface area (Å²) < 4.78 is 6.46. The van der Waals surface area contributed by atoms with Crippen molar-refractivity contribution in [3.05, 3.63) is 51.9 Å². The molecule has 0 radical (unpaired) electrons. The van der Waals surface area contributed by atoms with Gasteiger partial charge in [-0.3, -0.25) is 14.2 Å². The first kappa shape index (κ1) is 17.4. The van der Waals surface area contributed by atoms with Crippen LogP contribution in [-0.2, 0) is 16.1 Å². The monoisotopic (exact) mass is 356 g/mol. The Morgan fingerprint density at radius 1 is 1.28 bits per heavy atom. The molecule has 25 heavy (non-hydrogen) atoms. The highest BCUT2D eigenvalue weighted by molar-refractivity contribution is 7.17. The van der Waals surface area contributed by atoms with Gasteiger partial charge in [-0.25, -0.2) is 4.98 Å². The lowest BCUT2D eigenvalue weighted by Gasteiger charge is -2.07. The molecule has 2 heterocycles. The molecule has 0 atom stereocenters. The number of thiophene rings is 1. The van der Waals surface area contributed by atoms with Crippen molar-refractivity contribution in [2.75, 3.05) is 6.61 Å². The van der Waals surface area contributed by atoms with E-state index in [1.807, 2.05) is 43.5 Å². The van der Waals surface area contributed by atoms with E-state index in [4.69, 9.17) is 4.74 Å². The van der Waals surface area contributed by atoms with Crippen molar-refractivity contribution < 1.29 is 9.53 Å². The van der Waals surface area contributed by atoms with Crippen LogP contribution in [-0.4, -0.2) is 22.1 Å². The fourth-order valence-electron chi connectivity index (χ4n) is 2.54. The molecule has 0 saturated heterocycles. The Kier molecular flexibility index (Phi) is 5.28. The number of aromatic nitrogens is 2. The van der Waals surface area contributed by atoms with Crippen molar-refractivity contribution in [3.63, 3.8) is 0 Å². The molecule has 0 bridgehead atoms. The van der Waals surface area contributed by atoms with Gasteiger partial charge in [-0.05, 0) is 18.9 Å². The quantitative estimate of drug-likeness (QED) is 0.498. The summed E-state index contributed by atoms with van der Waals surface area (Å²) in [6.07, 6.45) is 3.19. The Labute approximate surface area is 149 Å². The zero-order valence-corrected chi connectivity index (χ0v) is 15.1. The van der Waals surface area contributed by atoms with E-state index in [9.17, 15) is 9.59 Å². The van der Waals surface area contributed by atoms with Crippen LogP contribution >= 0.6 is 11.3 Å². The van der Waals surface area contributed by atoms with Crippen molar-refractivity contribution in [2.45, 2.75) is 33.2 Å². The second kappa shape index (κ2) is 7.61. The molecule has 130 valence electrons. The Morgan fingerprint density at radius 3 is 2.76 bits per heavy atom. The zero-order valence-electron chi connectivity index (χ0n) is 14.3. The molecule has 0 unspecified atom stereocenters. The summed E-state index contributed by atoms with van der Waals surface area (Å²) >= 11 is 1.43. The Balaban J connectivity index is 1.93. The van der Waals surface area contributed by atoms with Crippen LogP contribution in [0.25, 0.3) is 21.3 Å². The molecule has 0 fully saturated rings. The molecule has 6 heteroatoms. The van der Waals surface area contributed by atoms with Gasteiger partial charge >= 0.3 is 5.97 Å². The summed E-state index contributed by atoms with van der Waals surface area (Å²) in [7, 11) is 0. The molecule has 1 aromatic carbocycles. The van der Waals surface area contributed by atoms with Gasteiger partial charge in [-0.1, -0.05) is 43.2 Å². The van der Waals surface area contributed by atoms with Crippen LogP contribution in [0.5, 0.6) is 0 Å². The first-order valence-corrected chi connectivity index (χ1v) is 9.17. The first-order valence-electron chi connectivity index (χ1n) is 8.29. The summed E-state index contributed by atoms with van der Waals surface area (Å²) in [5.41, 5.74) is 2.77. The van der Waals surface area contributed by atoms with Crippen molar-refractivity contribution in [1.82, 2.24) is 9.55 Å². The van der Waals surface area contributed by atoms with Crippen LogP contribution in [0.2, 0.25) is 0 Å². The smallest absolute Gasteiger partial charge is 0.326 e. The topological polar surface area (TPSA) is 61.2 Å². The zero-order chi connectivity index (χ0) is 17.8.